The van der Waals surface area contributed by atoms with Crippen LogP contribution in [0.4, 0.5) is 0 Å². The van der Waals surface area contributed by atoms with Crippen LogP contribution in [0.15, 0.2) is 0 Å². The summed E-state index contributed by atoms with van der Waals surface area (Å²) >= 11 is 0. The highest BCUT2D eigenvalue weighted by molar-refractivity contribution is 7.87. The highest BCUT2D eigenvalue weighted by Gasteiger charge is 2.28. The van der Waals surface area contributed by atoms with Crippen molar-refractivity contribution in [3.63, 3.8) is 0 Å². The third kappa shape index (κ3) is 10.2. The van der Waals surface area contributed by atoms with Crippen molar-refractivity contribution in [3.8, 4) is 0 Å². The summed E-state index contributed by atoms with van der Waals surface area (Å²) in [6.45, 7) is 4.97. The van der Waals surface area contributed by atoms with Crippen molar-refractivity contribution in [2.45, 2.75) is 38.8 Å². The first-order valence-electron chi connectivity index (χ1n) is 6.17. The quantitative estimate of drug-likeness (QED) is 0.375. The molecule has 10 heteroatoms. The van der Waals surface area contributed by atoms with E-state index in [4.69, 9.17) is 9.84 Å². The molecule has 0 fully saturated rings. The minimum absolute atomic E-state index is 0.0232. The molecule has 0 aliphatic rings. The standard InChI is InChI=1S/C11H22N2O7S/c1-11(2,3)20-9(14)7-8(10(15)16)13-21(17,18)12-5-6-19-4/h8,12-13H,5-7H2,1-4H3,(H,15,16)/t8-/m0/s1. The zero-order valence-electron chi connectivity index (χ0n) is 12.5. The summed E-state index contributed by atoms with van der Waals surface area (Å²) in [5.74, 6) is -2.28. The minimum atomic E-state index is -4.06. The number of carbonyl (C=O) groups excluding carboxylic acids is 1. The molecule has 0 rings (SSSR count). The van der Waals surface area contributed by atoms with Crippen molar-refractivity contribution in [2.24, 2.45) is 0 Å². The molecule has 0 aliphatic heterocycles. The molecule has 1 atom stereocenters. The van der Waals surface area contributed by atoms with E-state index in [9.17, 15) is 18.0 Å². The van der Waals surface area contributed by atoms with Crippen LogP contribution >= 0.6 is 0 Å². The van der Waals surface area contributed by atoms with Crippen LogP contribution in [0.5, 0.6) is 0 Å². The van der Waals surface area contributed by atoms with Crippen molar-refractivity contribution in [1.29, 1.82) is 0 Å². The molecule has 3 N–H and O–H groups in total. The predicted octanol–water partition coefficient (Wildman–Crippen LogP) is -0.758. The molecule has 21 heavy (non-hydrogen) atoms. The molecule has 9 nitrogen and oxygen atoms in total. The smallest absolute Gasteiger partial charge is 0.322 e. The minimum Gasteiger partial charge on any atom is -0.480 e. The number of carboxylic acids is 1. The van der Waals surface area contributed by atoms with Gasteiger partial charge in [-0.05, 0) is 20.8 Å². The summed E-state index contributed by atoms with van der Waals surface area (Å²) < 4.78 is 36.8. The summed E-state index contributed by atoms with van der Waals surface area (Å²) in [7, 11) is -2.66. The molecule has 0 aromatic heterocycles. The lowest BCUT2D eigenvalue weighted by molar-refractivity contribution is -0.158. The lowest BCUT2D eigenvalue weighted by Gasteiger charge is -2.21. The molecule has 0 aliphatic carbocycles. The van der Waals surface area contributed by atoms with Crippen LogP contribution in [0.25, 0.3) is 0 Å². The fourth-order valence-electron chi connectivity index (χ4n) is 1.24. The Bertz CT molecular complexity index is 456. The average molecular weight is 326 g/mol. The van der Waals surface area contributed by atoms with Gasteiger partial charge in [-0.2, -0.15) is 17.9 Å². The molecular formula is C11H22N2O7S. The topological polar surface area (TPSA) is 131 Å². The maximum absolute atomic E-state index is 11.6. The Morgan fingerprint density at radius 1 is 1.29 bits per heavy atom. The van der Waals surface area contributed by atoms with Gasteiger partial charge >= 0.3 is 11.9 Å². The van der Waals surface area contributed by atoms with E-state index >= 15 is 0 Å². The van der Waals surface area contributed by atoms with E-state index in [2.05, 4.69) is 9.46 Å². The molecular weight excluding hydrogens is 304 g/mol. The highest BCUT2D eigenvalue weighted by atomic mass is 32.2. The van der Waals surface area contributed by atoms with Crippen LogP contribution in [-0.2, 0) is 29.3 Å². The molecule has 0 unspecified atom stereocenters. The van der Waals surface area contributed by atoms with Crippen LogP contribution in [0.3, 0.4) is 0 Å². The Labute approximate surface area is 124 Å². The largest absolute Gasteiger partial charge is 0.480 e. The molecule has 0 aromatic rings. The first kappa shape index (κ1) is 19.8. The van der Waals surface area contributed by atoms with E-state index in [1.807, 2.05) is 4.72 Å². The zero-order chi connectivity index (χ0) is 16.7. The fraction of sp³-hybridized carbons (Fsp3) is 0.818. The number of nitrogens with one attached hydrogen (secondary N) is 2. The Kier molecular flexibility index (Phi) is 7.79. The number of rotatable bonds is 9. The van der Waals surface area contributed by atoms with Crippen LogP contribution in [0, 0.1) is 0 Å². The highest BCUT2D eigenvalue weighted by Crippen LogP contribution is 2.09. The molecule has 0 heterocycles. The number of methoxy groups -OCH3 is 1. The zero-order valence-corrected chi connectivity index (χ0v) is 13.3. The molecule has 0 bridgehead atoms. The van der Waals surface area contributed by atoms with Crippen molar-refractivity contribution in [1.82, 2.24) is 9.44 Å². The molecule has 0 radical (unpaired) electrons. The van der Waals surface area contributed by atoms with Crippen LogP contribution < -0.4 is 9.44 Å². The van der Waals surface area contributed by atoms with E-state index in [0.29, 0.717) is 0 Å². The normalized spacial score (nSPS) is 13.7. The van der Waals surface area contributed by atoms with Gasteiger partial charge in [-0.15, -0.1) is 0 Å². The molecule has 0 spiro atoms. The van der Waals surface area contributed by atoms with Gasteiger partial charge in [0, 0.05) is 13.7 Å². The van der Waals surface area contributed by atoms with Crippen LogP contribution in [-0.4, -0.2) is 57.4 Å². The van der Waals surface area contributed by atoms with Gasteiger partial charge in [0.1, 0.15) is 11.6 Å². The maximum atomic E-state index is 11.6. The number of carbonyl (C=O) groups is 2. The van der Waals surface area contributed by atoms with E-state index in [0.717, 1.165) is 0 Å². The second-order valence-electron chi connectivity index (χ2n) is 5.19. The van der Waals surface area contributed by atoms with Gasteiger partial charge in [0.05, 0.1) is 13.0 Å². The summed E-state index contributed by atoms with van der Waals surface area (Å²) in [4.78, 5) is 22.6. The number of hydrogen-bond donors (Lipinski definition) is 3. The lowest BCUT2D eigenvalue weighted by atomic mass is 10.2. The molecule has 0 amide bonds. The average Bonchev–Trinajstić information content (AvgIpc) is 2.25. The van der Waals surface area contributed by atoms with Crippen molar-refractivity contribution < 1.29 is 32.6 Å². The van der Waals surface area contributed by atoms with Gasteiger partial charge in [-0.3, -0.25) is 9.59 Å². The van der Waals surface area contributed by atoms with Gasteiger partial charge in [0.25, 0.3) is 10.2 Å². The molecule has 124 valence electrons. The summed E-state index contributed by atoms with van der Waals surface area (Å²) in [6.07, 6.45) is -0.613. The Balaban J connectivity index is 4.63. The van der Waals surface area contributed by atoms with E-state index < -0.39 is 40.2 Å². The Morgan fingerprint density at radius 2 is 1.86 bits per heavy atom. The van der Waals surface area contributed by atoms with Crippen molar-refractivity contribution in [3.05, 3.63) is 0 Å². The van der Waals surface area contributed by atoms with Crippen molar-refractivity contribution >= 4 is 22.1 Å². The van der Waals surface area contributed by atoms with Gasteiger partial charge in [0.15, 0.2) is 0 Å². The fourth-order valence-corrected chi connectivity index (χ4v) is 2.23. The monoisotopic (exact) mass is 326 g/mol. The molecule has 0 aromatic carbocycles. The second kappa shape index (κ2) is 8.27. The van der Waals surface area contributed by atoms with Crippen LogP contribution in [0.2, 0.25) is 0 Å². The molecule has 0 saturated heterocycles. The number of ether oxygens (including phenoxy) is 2. The van der Waals surface area contributed by atoms with E-state index in [1.54, 1.807) is 20.8 Å². The summed E-state index contributed by atoms with van der Waals surface area (Å²) in [6, 6.07) is -1.61. The summed E-state index contributed by atoms with van der Waals surface area (Å²) in [5.41, 5.74) is -0.782. The SMILES string of the molecule is COCCNS(=O)(=O)N[C@@H](CC(=O)OC(C)(C)C)C(=O)O. The maximum Gasteiger partial charge on any atom is 0.322 e. The number of hydrogen-bond acceptors (Lipinski definition) is 6. The first-order valence-corrected chi connectivity index (χ1v) is 7.65. The third-order valence-electron chi connectivity index (χ3n) is 1.98. The van der Waals surface area contributed by atoms with E-state index in [1.165, 1.54) is 7.11 Å². The lowest BCUT2D eigenvalue weighted by Crippen LogP contribution is -2.48. The summed E-state index contributed by atoms with van der Waals surface area (Å²) in [5, 5.41) is 8.97. The Morgan fingerprint density at radius 3 is 2.29 bits per heavy atom. The van der Waals surface area contributed by atoms with E-state index in [-0.39, 0.29) is 13.2 Å². The Hall–Kier alpha value is -1.23. The van der Waals surface area contributed by atoms with Gasteiger partial charge in [0.2, 0.25) is 0 Å². The van der Waals surface area contributed by atoms with Crippen molar-refractivity contribution in [2.75, 3.05) is 20.3 Å². The second-order valence-corrected chi connectivity index (χ2v) is 6.72. The third-order valence-corrected chi connectivity index (χ3v) is 3.16. The number of carboxylic acid groups (broad SMARTS) is 1. The number of esters is 1. The van der Waals surface area contributed by atoms with Gasteiger partial charge < -0.3 is 14.6 Å². The van der Waals surface area contributed by atoms with Gasteiger partial charge in [-0.1, -0.05) is 0 Å². The molecule has 0 saturated carbocycles. The van der Waals surface area contributed by atoms with Crippen LogP contribution in [0.1, 0.15) is 27.2 Å². The first-order chi connectivity index (χ1) is 9.47. The predicted molar refractivity (Wildman–Crippen MR) is 73.8 cm³/mol. The van der Waals surface area contributed by atoms with Gasteiger partial charge in [-0.25, -0.2) is 0 Å². The number of aliphatic carboxylic acids is 1.